The third kappa shape index (κ3) is 3.94. The van der Waals surface area contributed by atoms with Crippen LogP contribution in [-0.4, -0.2) is 4.57 Å². The second-order valence-electron chi connectivity index (χ2n) is 12.3. The molecule has 0 atom stereocenters. The first-order chi connectivity index (χ1) is 20.4. The van der Waals surface area contributed by atoms with E-state index < -0.39 is 0 Å². The van der Waals surface area contributed by atoms with Gasteiger partial charge in [0.25, 0.3) is 0 Å². The van der Waals surface area contributed by atoms with Gasteiger partial charge in [-0.2, -0.15) is 0 Å². The summed E-state index contributed by atoms with van der Waals surface area (Å²) >= 11 is 0. The SMILES string of the molecule is CC(C)(C)c1ccc2c(c1)c1cc(-c3cccc(-c4ccccc4)c3)ccc1n2-c1ccc2c(c1)oc1ccccc12. The van der Waals surface area contributed by atoms with E-state index in [2.05, 4.69) is 147 Å². The molecule has 0 aliphatic rings. The Bertz CT molecular complexity index is 2280. The molecule has 0 amide bonds. The molecular formula is C40H31NO. The zero-order valence-electron chi connectivity index (χ0n) is 24.1. The molecule has 6 aromatic carbocycles. The molecule has 0 bridgehead atoms. The number of benzene rings is 6. The second-order valence-corrected chi connectivity index (χ2v) is 12.3. The summed E-state index contributed by atoms with van der Waals surface area (Å²) in [5, 5.41) is 4.82. The van der Waals surface area contributed by atoms with Gasteiger partial charge in [0.1, 0.15) is 11.2 Å². The van der Waals surface area contributed by atoms with E-state index in [1.54, 1.807) is 0 Å². The highest BCUT2D eigenvalue weighted by molar-refractivity contribution is 6.11. The third-order valence-electron chi connectivity index (χ3n) is 8.55. The Labute approximate surface area is 245 Å². The lowest BCUT2D eigenvalue weighted by Crippen LogP contribution is -2.10. The number of para-hydroxylation sites is 1. The molecule has 0 spiro atoms. The highest BCUT2D eigenvalue weighted by Gasteiger charge is 2.19. The van der Waals surface area contributed by atoms with Crippen LogP contribution in [0.25, 0.3) is 71.7 Å². The fourth-order valence-electron chi connectivity index (χ4n) is 6.31. The van der Waals surface area contributed by atoms with Crippen molar-refractivity contribution in [3.8, 4) is 27.9 Å². The van der Waals surface area contributed by atoms with Gasteiger partial charge in [-0.1, -0.05) is 99.6 Å². The van der Waals surface area contributed by atoms with E-state index >= 15 is 0 Å². The van der Waals surface area contributed by atoms with E-state index in [-0.39, 0.29) is 5.41 Å². The molecule has 0 N–H and O–H groups in total. The molecule has 2 aromatic heterocycles. The fraction of sp³-hybridized carbons (Fsp3) is 0.100. The topological polar surface area (TPSA) is 18.1 Å². The van der Waals surface area contributed by atoms with Crippen LogP contribution in [0.15, 0.2) is 138 Å². The number of hydrogen-bond donors (Lipinski definition) is 0. The Hall–Kier alpha value is -5.08. The van der Waals surface area contributed by atoms with Gasteiger partial charge in [-0.05, 0) is 81.8 Å². The lowest BCUT2D eigenvalue weighted by atomic mass is 9.86. The normalized spacial score (nSPS) is 12.2. The maximum absolute atomic E-state index is 6.29. The van der Waals surface area contributed by atoms with Crippen molar-refractivity contribution in [3.05, 3.63) is 139 Å². The van der Waals surface area contributed by atoms with Crippen LogP contribution in [0.3, 0.4) is 0 Å². The first kappa shape index (κ1) is 24.7. The fourth-order valence-corrected chi connectivity index (χ4v) is 6.31. The second kappa shape index (κ2) is 9.22. The summed E-state index contributed by atoms with van der Waals surface area (Å²) in [7, 11) is 0. The van der Waals surface area contributed by atoms with Crippen LogP contribution in [-0.2, 0) is 5.41 Å². The number of rotatable bonds is 3. The van der Waals surface area contributed by atoms with E-state index in [0.717, 1.165) is 27.6 Å². The van der Waals surface area contributed by atoms with Crippen LogP contribution in [0.5, 0.6) is 0 Å². The van der Waals surface area contributed by atoms with E-state index in [1.807, 2.05) is 12.1 Å². The molecule has 0 fully saturated rings. The van der Waals surface area contributed by atoms with Gasteiger partial charge in [0.2, 0.25) is 0 Å². The van der Waals surface area contributed by atoms with Gasteiger partial charge in [-0.25, -0.2) is 0 Å². The van der Waals surface area contributed by atoms with Gasteiger partial charge in [0.15, 0.2) is 0 Å². The summed E-state index contributed by atoms with van der Waals surface area (Å²) in [6.07, 6.45) is 0. The Morgan fingerprint density at radius 2 is 1.10 bits per heavy atom. The van der Waals surface area contributed by atoms with Gasteiger partial charge in [-0.3, -0.25) is 0 Å². The molecule has 2 nitrogen and oxygen atoms in total. The van der Waals surface area contributed by atoms with Crippen LogP contribution in [0.2, 0.25) is 0 Å². The average molecular weight is 542 g/mol. The van der Waals surface area contributed by atoms with Crippen molar-refractivity contribution in [2.75, 3.05) is 0 Å². The largest absolute Gasteiger partial charge is 0.456 e. The van der Waals surface area contributed by atoms with Crippen LogP contribution in [0.1, 0.15) is 26.3 Å². The van der Waals surface area contributed by atoms with Crippen molar-refractivity contribution in [2.24, 2.45) is 0 Å². The van der Waals surface area contributed by atoms with Gasteiger partial charge < -0.3 is 8.98 Å². The summed E-state index contributed by atoms with van der Waals surface area (Å²) < 4.78 is 8.67. The number of fused-ring (bicyclic) bond motifs is 6. The lowest BCUT2D eigenvalue weighted by molar-refractivity contribution is 0.591. The van der Waals surface area contributed by atoms with Crippen molar-refractivity contribution < 1.29 is 4.42 Å². The number of hydrogen-bond acceptors (Lipinski definition) is 1. The quantitative estimate of drug-likeness (QED) is 0.217. The van der Waals surface area contributed by atoms with Crippen LogP contribution < -0.4 is 0 Å². The molecule has 202 valence electrons. The zero-order valence-corrected chi connectivity index (χ0v) is 24.1. The number of furan rings is 1. The van der Waals surface area contributed by atoms with Crippen LogP contribution in [0, 0.1) is 0 Å². The van der Waals surface area contributed by atoms with Crippen molar-refractivity contribution in [3.63, 3.8) is 0 Å². The zero-order chi connectivity index (χ0) is 28.4. The Morgan fingerprint density at radius 3 is 1.90 bits per heavy atom. The maximum Gasteiger partial charge on any atom is 0.137 e. The van der Waals surface area contributed by atoms with E-state index in [1.165, 1.54) is 49.6 Å². The smallest absolute Gasteiger partial charge is 0.137 e. The van der Waals surface area contributed by atoms with Crippen molar-refractivity contribution in [1.82, 2.24) is 4.57 Å². The summed E-state index contributed by atoms with van der Waals surface area (Å²) in [5.74, 6) is 0. The molecule has 8 aromatic rings. The minimum atomic E-state index is 0.0530. The molecule has 8 rings (SSSR count). The summed E-state index contributed by atoms with van der Waals surface area (Å²) in [5.41, 5.74) is 11.6. The van der Waals surface area contributed by atoms with E-state index in [0.29, 0.717) is 0 Å². The minimum Gasteiger partial charge on any atom is -0.456 e. The first-order valence-corrected chi connectivity index (χ1v) is 14.6. The third-order valence-corrected chi connectivity index (χ3v) is 8.55. The van der Waals surface area contributed by atoms with Crippen LogP contribution in [0.4, 0.5) is 0 Å². The molecule has 0 aliphatic carbocycles. The highest BCUT2D eigenvalue weighted by atomic mass is 16.3. The average Bonchev–Trinajstić information content (AvgIpc) is 3.55. The summed E-state index contributed by atoms with van der Waals surface area (Å²) in [6, 6.07) is 48.2. The standard InChI is InChI=1S/C40H31NO/c1-40(2,3)30-17-21-37-35(24-30)34-23-29(28-13-9-12-27(22-28)26-10-5-4-6-11-26)16-20-36(34)41(37)31-18-19-33-32-14-7-8-15-38(32)42-39(33)25-31/h4-25H,1-3H3. The monoisotopic (exact) mass is 541 g/mol. The van der Waals surface area contributed by atoms with E-state index in [9.17, 15) is 0 Å². The van der Waals surface area contributed by atoms with Crippen molar-refractivity contribution in [2.45, 2.75) is 26.2 Å². The minimum absolute atomic E-state index is 0.0530. The highest BCUT2D eigenvalue weighted by Crippen LogP contribution is 2.39. The molecule has 0 saturated heterocycles. The molecular weight excluding hydrogens is 510 g/mol. The van der Waals surface area contributed by atoms with Gasteiger partial charge >= 0.3 is 0 Å². The molecule has 2 heterocycles. The van der Waals surface area contributed by atoms with Crippen LogP contribution >= 0.6 is 0 Å². The Morgan fingerprint density at radius 1 is 0.452 bits per heavy atom. The molecule has 2 heteroatoms. The van der Waals surface area contributed by atoms with Crippen molar-refractivity contribution >= 4 is 43.7 Å². The van der Waals surface area contributed by atoms with Crippen molar-refractivity contribution in [1.29, 1.82) is 0 Å². The van der Waals surface area contributed by atoms with Gasteiger partial charge in [0, 0.05) is 33.3 Å². The van der Waals surface area contributed by atoms with Gasteiger partial charge in [0.05, 0.1) is 11.0 Å². The summed E-state index contributed by atoms with van der Waals surface area (Å²) in [4.78, 5) is 0. The molecule has 0 saturated carbocycles. The molecule has 0 aliphatic heterocycles. The maximum atomic E-state index is 6.29. The number of aromatic nitrogens is 1. The number of nitrogens with zero attached hydrogens (tertiary/aromatic N) is 1. The first-order valence-electron chi connectivity index (χ1n) is 14.6. The summed E-state index contributed by atoms with van der Waals surface area (Å²) in [6.45, 7) is 6.84. The molecule has 42 heavy (non-hydrogen) atoms. The molecule has 0 unspecified atom stereocenters. The molecule has 0 radical (unpaired) electrons. The Kier molecular flexibility index (Phi) is 5.42. The predicted octanol–water partition coefficient (Wildman–Crippen LogP) is 11.3. The predicted molar refractivity (Wildman–Crippen MR) is 178 cm³/mol. The lowest BCUT2D eigenvalue weighted by Gasteiger charge is -2.19. The van der Waals surface area contributed by atoms with E-state index in [4.69, 9.17) is 4.42 Å². The van der Waals surface area contributed by atoms with Gasteiger partial charge in [-0.15, -0.1) is 0 Å². The Balaban J connectivity index is 1.36.